The first-order valence-corrected chi connectivity index (χ1v) is 7.21. The van der Waals surface area contributed by atoms with Crippen LogP contribution in [-0.2, 0) is 0 Å². The fourth-order valence-electron chi connectivity index (χ4n) is 1.33. The molecular formula is C12H16BrClN2S. The molecule has 0 atom stereocenters. The summed E-state index contributed by atoms with van der Waals surface area (Å²) in [4.78, 5) is 0. The summed E-state index contributed by atoms with van der Waals surface area (Å²) in [5.74, 6) is 0. The maximum absolute atomic E-state index is 6.08. The number of anilines is 1. The fraction of sp³-hybridized carbons (Fsp3) is 0.417. The molecule has 17 heavy (non-hydrogen) atoms. The molecule has 0 bridgehead atoms. The van der Waals surface area contributed by atoms with E-state index in [1.807, 2.05) is 18.2 Å². The molecule has 2 N–H and O–H groups in total. The van der Waals surface area contributed by atoms with E-state index in [0.29, 0.717) is 10.1 Å². The summed E-state index contributed by atoms with van der Waals surface area (Å²) in [6.07, 6.45) is 3.56. The molecule has 0 fully saturated rings. The summed E-state index contributed by atoms with van der Waals surface area (Å²) in [6.45, 7) is 3.08. The Kier molecular flexibility index (Phi) is 6.85. The Labute approximate surface area is 121 Å². The summed E-state index contributed by atoms with van der Waals surface area (Å²) in [5, 5.41) is 7.51. The molecule has 0 spiro atoms. The molecule has 1 rings (SSSR count). The predicted octanol–water partition coefficient (Wildman–Crippen LogP) is 4.58. The van der Waals surface area contributed by atoms with Crippen LogP contribution < -0.4 is 10.6 Å². The normalized spacial score (nSPS) is 10.1. The topological polar surface area (TPSA) is 24.1 Å². The maximum Gasteiger partial charge on any atom is 0.170 e. The van der Waals surface area contributed by atoms with Gasteiger partial charge in [0.2, 0.25) is 0 Å². The number of nitrogens with one attached hydrogen (secondary N) is 2. The van der Waals surface area contributed by atoms with E-state index in [4.69, 9.17) is 23.8 Å². The maximum atomic E-state index is 6.08. The number of unbranched alkanes of at least 4 members (excludes halogenated alkanes) is 2. The van der Waals surface area contributed by atoms with Crippen LogP contribution in [0.2, 0.25) is 5.02 Å². The number of rotatable bonds is 5. The Morgan fingerprint density at radius 1 is 1.41 bits per heavy atom. The average Bonchev–Trinajstić information content (AvgIpc) is 2.28. The highest BCUT2D eigenvalue weighted by atomic mass is 79.9. The lowest BCUT2D eigenvalue weighted by atomic mass is 10.2. The quantitative estimate of drug-likeness (QED) is 0.608. The summed E-state index contributed by atoms with van der Waals surface area (Å²) < 4.78 is 0.954. The van der Waals surface area contributed by atoms with Crippen molar-refractivity contribution in [2.45, 2.75) is 26.2 Å². The Hall–Kier alpha value is -0.320. The zero-order valence-corrected chi connectivity index (χ0v) is 12.9. The standard InChI is InChI=1S/C12H16BrClN2S/c1-2-3-4-7-15-12(17)16-11-6-5-9(13)8-10(11)14/h5-6,8H,2-4,7H2,1H3,(H2,15,16,17). The zero-order chi connectivity index (χ0) is 12.7. The van der Waals surface area contributed by atoms with Crippen molar-refractivity contribution in [1.29, 1.82) is 0 Å². The van der Waals surface area contributed by atoms with E-state index in [1.54, 1.807) is 0 Å². The van der Waals surface area contributed by atoms with Gasteiger partial charge in [-0.15, -0.1) is 0 Å². The Morgan fingerprint density at radius 3 is 2.82 bits per heavy atom. The second-order valence-corrected chi connectivity index (χ2v) is 5.44. The molecule has 0 amide bonds. The summed E-state index contributed by atoms with van der Waals surface area (Å²) in [6, 6.07) is 5.66. The van der Waals surface area contributed by atoms with Crippen molar-refractivity contribution in [2.24, 2.45) is 0 Å². The first-order chi connectivity index (χ1) is 8.13. The van der Waals surface area contributed by atoms with Gasteiger partial charge < -0.3 is 10.6 Å². The van der Waals surface area contributed by atoms with Crippen molar-refractivity contribution in [2.75, 3.05) is 11.9 Å². The predicted molar refractivity (Wildman–Crippen MR) is 82.9 cm³/mol. The molecule has 0 heterocycles. The van der Waals surface area contributed by atoms with Gasteiger partial charge in [-0.25, -0.2) is 0 Å². The lowest BCUT2D eigenvalue weighted by molar-refractivity contribution is 0.698. The molecule has 0 aromatic heterocycles. The Bertz CT molecular complexity index is 385. The molecule has 94 valence electrons. The van der Waals surface area contributed by atoms with Crippen LogP contribution in [0, 0.1) is 0 Å². The molecule has 5 heteroatoms. The highest BCUT2D eigenvalue weighted by Gasteiger charge is 2.02. The van der Waals surface area contributed by atoms with Gasteiger partial charge in [-0.2, -0.15) is 0 Å². The molecule has 1 aromatic carbocycles. The Morgan fingerprint density at radius 2 is 2.18 bits per heavy atom. The van der Waals surface area contributed by atoms with Crippen molar-refractivity contribution in [3.8, 4) is 0 Å². The van der Waals surface area contributed by atoms with Crippen LogP contribution in [0.1, 0.15) is 26.2 Å². The van der Waals surface area contributed by atoms with Crippen LogP contribution in [0.4, 0.5) is 5.69 Å². The van der Waals surface area contributed by atoms with E-state index in [-0.39, 0.29) is 0 Å². The van der Waals surface area contributed by atoms with Gasteiger partial charge in [0, 0.05) is 11.0 Å². The first kappa shape index (κ1) is 14.7. The highest BCUT2D eigenvalue weighted by Crippen LogP contribution is 2.25. The zero-order valence-electron chi connectivity index (χ0n) is 9.72. The summed E-state index contributed by atoms with van der Waals surface area (Å²) in [5.41, 5.74) is 0.822. The molecule has 0 saturated carbocycles. The minimum absolute atomic E-state index is 0.616. The third-order valence-corrected chi connectivity index (χ3v) is 3.30. The van der Waals surface area contributed by atoms with Crippen LogP contribution in [0.25, 0.3) is 0 Å². The van der Waals surface area contributed by atoms with Gasteiger partial charge in [0.15, 0.2) is 5.11 Å². The summed E-state index contributed by atoms with van der Waals surface area (Å²) >= 11 is 14.6. The average molecular weight is 336 g/mol. The fourth-order valence-corrected chi connectivity index (χ4v) is 2.27. The third-order valence-electron chi connectivity index (χ3n) is 2.25. The van der Waals surface area contributed by atoms with E-state index in [9.17, 15) is 0 Å². The molecule has 0 radical (unpaired) electrons. The Balaban J connectivity index is 2.40. The van der Waals surface area contributed by atoms with E-state index < -0.39 is 0 Å². The van der Waals surface area contributed by atoms with Crippen LogP contribution >= 0.6 is 39.7 Å². The van der Waals surface area contributed by atoms with E-state index in [0.717, 1.165) is 23.1 Å². The second kappa shape index (κ2) is 7.90. The molecule has 0 aliphatic heterocycles. The van der Waals surface area contributed by atoms with Crippen molar-refractivity contribution in [3.05, 3.63) is 27.7 Å². The van der Waals surface area contributed by atoms with Crippen molar-refractivity contribution in [1.82, 2.24) is 5.32 Å². The number of hydrogen-bond donors (Lipinski definition) is 2. The van der Waals surface area contributed by atoms with E-state index in [2.05, 4.69) is 33.5 Å². The van der Waals surface area contributed by atoms with Gasteiger partial charge in [0.25, 0.3) is 0 Å². The van der Waals surface area contributed by atoms with Crippen LogP contribution in [-0.4, -0.2) is 11.7 Å². The van der Waals surface area contributed by atoms with E-state index in [1.165, 1.54) is 12.8 Å². The minimum Gasteiger partial charge on any atom is -0.362 e. The first-order valence-electron chi connectivity index (χ1n) is 5.63. The van der Waals surface area contributed by atoms with Gasteiger partial charge in [0.1, 0.15) is 0 Å². The molecule has 0 aliphatic carbocycles. The lowest BCUT2D eigenvalue weighted by Gasteiger charge is -2.11. The van der Waals surface area contributed by atoms with Crippen molar-refractivity contribution >= 4 is 50.5 Å². The van der Waals surface area contributed by atoms with Gasteiger partial charge in [0.05, 0.1) is 10.7 Å². The van der Waals surface area contributed by atoms with Crippen LogP contribution in [0.15, 0.2) is 22.7 Å². The monoisotopic (exact) mass is 334 g/mol. The molecule has 0 saturated heterocycles. The van der Waals surface area contributed by atoms with Gasteiger partial charge in [-0.3, -0.25) is 0 Å². The number of hydrogen-bond acceptors (Lipinski definition) is 1. The van der Waals surface area contributed by atoms with Crippen LogP contribution in [0.5, 0.6) is 0 Å². The molecule has 0 aliphatic rings. The third kappa shape index (κ3) is 5.70. The largest absolute Gasteiger partial charge is 0.362 e. The lowest BCUT2D eigenvalue weighted by Crippen LogP contribution is -2.29. The van der Waals surface area contributed by atoms with Crippen LogP contribution in [0.3, 0.4) is 0 Å². The van der Waals surface area contributed by atoms with Crippen molar-refractivity contribution < 1.29 is 0 Å². The highest BCUT2D eigenvalue weighted by molar-refractivity contribution is 9.10. The van der Waals surface area contributed by atoms with Gasteiger partial charge in [-0.1, -0.05) is 47.3 Å². The second-order valence-electron chi connectivity index (χ2n) is 3.71. The van der Waals surface area contributed by atoms with Crippen molar-refractivity contribution in [3.63, 3.8) is 0 Å². The molecule has 2 nitrogen and oxygen atoms in total. The smallest absolute Gasteiger partial charge is 0.170 e. The minimum atomic E-state index is 0.616. The molecular weight excluding hydrogens is 320 g/mol. The molecule has 1 aromatic rings. The SMILES string of the molecule is CCCCCNC(=S)Nc1ccc(Br)cc1Cl. The van der Waals surface area contributed by atoms with Gasteiger partial charge >= 0.3 is 0 Å². The molecule has 0 unspecified atom stereocenters. The number of thiocarbonyl (C=S) groups is 1. The summed E-state index contributed by atoms with van der Waals surface area (Å²) in [7, 11) is 0. The van der Waals surface area contributed by atoms with Gasteiger partial charge in [-0.05, 0) is 36.8 Å². The van der Waals surface area contributed by atoms with E-state index >= 15 is 0 Å². The number of benzene rings is 1. The number of halogens is 2.